The first kappa shape index (κ1) is 27.1. The number of halogens is 6. The summed E-state index contributed by atoms with van der Waals surface area (Å²) < 4.78 is 34.9. The number of H-pyrrole nitrogens is 2. The molecule has 178 valence electrons. The molecule has 5 rings (SSSR count). The second kappa shape index (κ2) is 11.9. The highest BCUT2D eigenvalue weighted by Crippen LogP contribution is 2.47. The number of fused-ring (bicyclic) bond motifs is 1. The van der Waals surface area contributed by atoms with Crippen LogP contribution in [0.15, 0.2) is 61.2 Å². The Hall–Kier alpha value is -2.52. The maximum Gasteiger partial charge on any atom is 0.586 e. The first-order chi connectivity index (χ1) is 16.8. The fourth-order valence-electron chi connectivity index (χ4n) is 3.25. The van der Waals surface area contributed by atoms with E-state index in [1.165, 1.54) is 12.3 Å². The first-order valence-corrected chi connectivity index (χ1v) is 16.5. The number of hydrogen-bond acceptors (Lipinski definition) is 4. The van der Waals surface area contributed by atoms with Gasteiger partial charge in [0.15, 0.2) is 11.5 Å². The van der Waals surface area contributed by atoms with Crippen LogP contribution in [0.3, 0.4) is 0 Å². The summed E-state index contributed by atoms with van der Waals surface area (Å²) in [5.41, 5.74) is 3.33. The number of nitrogens with one attached hydrogen (secondary N) is 2. The molecule has 0 aliphatic carbocycles. The number of aromatic amines is 2. The third-order valence-electron chi connectivity index (χ3n) is 4.69. The molecule has 0 saturated heterocycles. The Morgan fingerprint density at radius 2 is 1.31 bits per heavy atom. The molecule has 1 aliphatic rings. The van der Waals surface area contributed by atoms with E-state index >= 15 is 0 Å². The summed E-state index contributed by atoms with van der Waals surface area (Å²) in [4.78, 5) is 5.62. The molecule has 0 amide bonds. The Balaban J connectivity index is 0.000000186. The number of rotatable bonds is 2. The van der Waals surface area contributed by atoms with E-state index in [1.807, 2.05) is 12.1 Å². The standard InChI is InChI=1S/C12H6F2N2O2.C11H6Cl2N2.I2/c13-12(14)17-10-3-1-2-8(11(10)18-12)9-6-16-5-7(9)4-15;12-10-3-1-2-8(11(10)13)9-6-15-5-7(9)4-14;1-2/h1-3,5-6,16H;1-3,5-6,15H;. The molecule has 3 heterocycles. The molecule has 35 heavy (non-hydrogen) atoms. The van der Waals surface area contributed by atoms with E-state index in [4.69, 9.17) is 33.7 Å². The number of aromatic nitrogens is 2. The minimum atomic E-state index is -3.67. The lowest BCUT2D eigenvalue weighted by Gasteiger charge is -2.06. The maximum absolute atomic E-state index is 13.0. The molecule has 4 aromatic rings. The van der Waals surface area contributed by atoms with E-state index in [2.05, 4.69) is 62.7 Å². The van der Waals surface area contributed by atoms with Gasteiger partial charge in [-0.3, -0.25) is 0 Å². The summed E-state index contributed by atoms with van der Waals surface area (Å²) in [6.45, 7) is 0. The molecule has 0 radical (unpaired) electrons. The molecule has 0 saturated carbocycles. The third-order valence-corrected chi connectivity index (χ3v) is 5.51. The fourth-order valence-corrected chi connectivity index (χ4v) is 3.65. The van der Waals surface area contributed by atoms with Crippen LogP contribution in [-0.4, -0.2) is 16.3 Å². The number of hydrogen-bond donors (Lipinski definition) is 2. The van der Waals surface area contributed by atoms with Gasteiger partial charge < -0.3 is 19.4 Å². The van der Waals surface area contributed by atoms with Crippen LogP contribution in [0, 0.1) is 22.7 Å². The number of nitriles is 2. The molecular weight excluding hydrogens is 727 g/mol. The maximum atomic E-state index is 13.0. The van der Waals surface area contributed by atoms with Crippen LogP contribution < -0.4 is 9.47 Å². The molecule has 12 heteroatoms. The van der Waals surface area contributed by atoms with Gasteiger partial charge >= 0.3 is 6.29 Å². The van der Waals surface area contributed by atoms with Crippen LogP contribution in [0.2, 0.25) is 10.0 Å². The van der Waals surface area contributed by atoms with Gasteiger partial charge in [-0.25, -0.2) is 0 Å². The minimum absolute atomic E-state index is 0.0393. The summed E-state index contributed by atoms with van der Waals surface area (Å²) >= 11 is 16.2. The third kappa shape index (κ3) is 6.01. The molecular formula is C23H12Cl2F2I2N4O2. The van der Waals surface area contributed by atoms with Crippen LogP contribution in [0.25, 0.3) is 22.3 Å². The molecule has 0 unspecified atom stereocenters. The lowest BCUT2D eigenvalue weighted by Crippen LogP contribution is -2.26. The lowest BCUT2D eigenvalue weighted by atomic mass is 10.0. The number of nitrogens with zero attached hydrogens (tertiary/aromatic N) is 2. The molecule has 0 bridgehead atoms. The Morgan fingerprint density at radius 3 is 1.91 bits per heavy atom. The van der Waals surface area contributed by atoms with Gasteiger partial charge in [-0.15, -0.1) is 8.78 Å². The zero-order valence-corrected chi connectivity index (χ0v) is 23.1. The van der Waals surface area contributed by atoms with Crippen molar-refractivity contribution in [1.29, 1.82) is 10.5 Å². The van der Waals surface area contributed by atoms with Crippen LogP contribution >= 0.6 is 60.4 Å². The van der Waals surface area contributed by atoms with Gasteiger partial charge in [0, 0.05) is 84.3 Å². The Bertz CT molecular complexity index is 1430. The summed E-state index contributed by atoms with van der Waals surface area (Å²) in [6.07, 6.45) is 2.74. The highest BCUT2D eigenvalue weighted by Gasteiger charge is 2.44. The zero-order valence-electron chi connectivity index (χ0n) is 17.3. The quantitative estimate of drug-likeness (QED) is 0.202. The molecule has 2 N–H and O–H groups in total. The van der Waals surface area contributed by atoms with Gasteiger partial charge in [0.25, 0.3) is 0 Å². The van der Waals surface area contributed by atoms with Crippen molar-refractivity contribution in [3.8, 4) is 45.9 Å². The van der Waals surface area contributed by atoms with E-state index < -0.39 is 6.29 Å². The highest BCUT2D eigenvalue weighted by atomic mass is 128. The number of alkyl halides is 2. The number of benzene rings is 2. The van der Waals surface area contributed by atoms with E-state index in [0.29, 0.717) is 32.3 Å². The van der Waals surface area contributed by atoms with Crippen LogP contribution in [0.1, 0.15) is 11.1 Å². The molecule has 2 aromatic heterocycles. The fraction of sp³-hybridized carbons (Fsp3) is 0.0435. The van der Waals surface area contributed by atoms with Crippen molar-refractivity contribution < 1.29 is 18.3 Å². The van der Waals surface area contributed by atoms with E-state index in [1.54, 1.807) is 42.9 Å². The smallest absolute Gasteiger partial charge is 0.395 e. The lowest BCUT2D eigenvalue weighted by molar-refractivity contribution is -0.286. The largest absolute Gasteiger partial charge is 0.586 e. The van der Waals surface area contributed by atoms with Gasteiger partial charge in [-0.05, 0) is 12.1 Å². The van der Waals surface area contributed by atoms with Gasteiger partial charge in [-0.1, -0.05) is 47.5 Å². The molecule has 6 nitrogen and oxygen atoms in total. The van der Waals surface area contributed by atoms with E-state index in [9.17, 15) is 8.78 Å². The number of ether oxygens (including phenoxy) is 2. The van der Waals surface area contributed by atoms with Crippen LogP contribution in [0.4, 0.5) is 8.78 Å². The number of para-hydroxylation sites is 1. The molecule has 0 atom stereocenters. The SMILES string of the molecule is II.N#Cc1c[nH]cc1-c1cccc(Cl)c1Cl.N#Cc1c[nH]cc1-c1cccc2c1OC(F)(F)O2. The Kier molecular flexibility index (Phi) is 9.24. The van der Waals surface area contributed by atoms with Crippen molar-refractivity contribution in [2.45, 2.75) is 6.29 Å². The van der Waals surface area contributed by atoms with Crippen molar-refractivity contribution in [1.82, 2.24) is 9.97 Å². The summed E-state index contributed by atoms with van der Waals surface area (Å²) in [5, 5.41) is 18.8. The first-order valence-electron chi connectivity index (χ1n) is 9.46. The molecule has 0 fully saturated rings. The van der Waals surface area contributed by atoms with Gasteiger partial charge in [0.05, 0.1) is 21.2 Å². The van der Waals surface area contributed by atoms with Gasteiger partial charge in [-0.2, -0.15) is 10.5 Å². The minimum Gasteiger partial charge on any atom is -0.395 e. The van der Waals surface area contributed by atoms with E-state index in [-0.39, 0.29) is 11.5 Å². The van der Waals surface area contributed by atoms with Crippen molar-refractivity contribution in [3.63, 3.8) is 0 Å². The van der Waals surface area contributed by atoms with Gasteiger partial charge in [0.1, 0.15) is 12.1 Å². The van der Waals surface area contributed by atoms with Crippen LogP contribution in [0.5, 0.6) is 11.5 Å². The van der Waals surface area contributed by atoms with Crippen molar-refractivity contribution in [2.24, 2.45) is 0 Å². The van der Waals surface area contributed by atoms with Crippen molar-refractivity contribution in [3.05, 3.63) is 82.4 Å². The zero-order chi connectivity index (χ0) is 25.6. The van der Waals surface area contributed by atoms with Gasteiger partial charge in [0.2, 0.25) is 0 Å². The summed E-state index contributed by atoms with van der Waals surface area (Å²) in [5.74, 6) is -0.0961. The van der Waals surface area contributed by atoms with Crippen LogP contribution in [-0.2, 0) is 0 Å². The average molecular weight is 739 g/mol. The predicted octanol–water partition coefficient (Wildman–Crippen LogP) is 8.51. The average Bonchev–Trinajstić information content (AvgIpc) is 3.59. The van der Waals surface area contributed by atoms with Crippen molar-refractivity contribution >= 4 is 60.4 Å². The summed E-state index contributed by atoms with van der Waals surface area (Å²) in [7, 11) is 0. The molecule has 0 spiro atoms. The summed E-state index contributed by atoms with van der Waals surface area (Å²) in [6, 6.07) is 13.9. The Labute approximate surface area is 232 Å². The molecule has 1 aliphatic heterocycles. The monoisotopic (exact) mass is 738 g/mol. The van der Waals surface area contributed by atoms with E-state index in [0.717, 1.165) is 11.1 Å². The second-order valence-electron chi connectivity index (χ2n) is 6.69. The van der Waals surface area contributed by atoms with Crippen molar-refractivity contribution in [2.75, 3.05) is 0 Å². The normalized spacial score (nSPS) is 12.3. The highest BCUT2D eigenvalue weighted by molar-refractivity contribution is 15.0. The molecule has 2 aromatic carbocycles. The topological polar surface area (TPSA) is 97.6 Å². The Morgan fingerprint density at radius 1 is 0.771 bits per heavy atom. The predicted molar refractivity (Wildman–Crippen MR) is 146 cm³/mol. The second-order valence-corrected chi connectivity index (χ2v) is 7.48.